The number of nitrogens with one attached hydrogen (secondary N) is 1. The number of hydrogen-bond acceptors (Lipinski definition) is 7. The summed E-state index contributed by atoms with van der Waals surface area (Å²) in [5.41, 5.74) is 0.167. The van der Waals surface area contributed by atoms with Crippen molar-refractivity contribution in [1.29, 1.82) is 0 Å². The van der Waals surface area contributed by atoms with E-state index in [4.69, 9.17) is 23.7 Å². The van der Waals surface area contributed by atoms with E-state index in [0.29, 0.717) is 46.3 Å². The largest absolute Gasteiger partial charge is 0.493 e. The summed E-state index contributed by atoms with van der Waals surface area (Å²) in [6, 6.07) is 9.54. The van der Waals surface area contributed by atoms with E-state index in [0.717, 1.165) is 12.1 Å². The van der Waals surface area contributed by atoms with Gasteiger partial charge in [-0.15, -0.1) is 0 Å². The fraction of sp³-hybridized carbons (Fsp3) is 0.231. The third-order valence-electron chi connectivity index (χ3n) is 5.43. The maximum absolute atomic E-state index is 13.0. The van der Waals surface area contributed by atoms with Crippen molar-refractivity contribution in [1.82, 2.24) is 0 Å². The van der Waals surface area contributed by atoms with Gasteiger partial charge >= 0.3 is 6.18 Å². The van der Waals surface area contributed by atoms with Gasteiger partial charge in [-0.3, -0.25) is 4.72 Å². The normalized spacial score (nSPS) is 11.8. The van der Waals surface area contributed by atoms with Crippen molar-refractivity contribution in [2.45, 2.75) is 11.1 Å². The van der Waals surface area contributed by atoms with Crippen LogP contribution in [0.2, 0.25) is 0 Å². The molecule has 1 N–H and O–H groups in total. The minimum absolute atomic E-state index is 0.103. The van der Waals surface area contributed by atoms with E-state index in [1.807, 2.05) is 0 Å². The quantitative estimate of drug-likeness (QED) is 0.321. The highest BCUT2D eigenvalue weighted by atomic mass is 32.2. The van der Waals surface area contributed by atoms with Crippen molar-refractivity contribution < 1.29 is 45.3 Å². The number of sulfonamides is 1. The molecule has 3 aromatic carbocycles. The third-order valence-corrected chi connectivity index (χ3v) is 6.82. The average Bonchev–Trinajstić information content (AvgIpc) is 2.90. The van der Waals surface area contributed by atoms with Gasteiger partial charge in [0, 0.05) is 11.6 Å². The molecule has 0 aromatic heterocycles. The van der Waals surface area contributed by atoms with Crippen LogP contribution in [0.1, 0.15) is 16.7 Å². The van der Waals surface area contributed by atoms with Crippen LogP contribution in [0.4, 0.5) is 18.9 Å². The van der Waals surface area contributed by atoms with Gasteiger partial charge in [-0.05, 0) is 48.0 Å². The number of rotatable bonds is 10. The van der Waals surface area contributed by atoms with Crippen LogP contribution in [-0.2, 0) is 16.2 Å². The molecule has 0 fully saturated rings. The van der Waals surface area contributed by atoms with Gasteiger partial charge in [0.1, 0.15) is 0 Å². The lowest BCUT2D eigenvalue weighted by molar-refractivity contribution is -0.137. The number of anilines is 1. The van der Waals surface area contributed by atoms with Crippen molar-refractivity contribution in [2.24, 2.45) is 0 Å². The van der Waals surface area contributed by atoms with E-state index in [9.17, 15) is 21.6 Å². The molecule has 3 rings (SSSR count). The topological polar surface area (TPSA) is 92.3 Å². The van der Waals surface area contributed by atoms with Crippen LogP contribution in [0.3, 0.4) is 0 Å². The van der Waals surface area contributed by atoms with Gasteiger partial charge in [0.2, 0.25) is 5.75 Å². The van der Waals surface area contributed by atoms with E-state index in [-0.39, 0.29) is 16.3 Å². The van der Waals surface area contributed by atoms with E-state index in [2.05, 4.69) is 4.72 Å². The van der Waals surface area contributed by atoms with Crippen LogP contribution in [0.15, 0.2) is 53.4 Å². The Morgan fingerprint density at radius 2 is 1.24 bits per heavy atom. The minimum atomic E-state index is -4.59. The number of alkyl halides is 3. The summed E-state index contributed by atoms with van der Waals surface area (Å²) in [6.45, 7) is 0. The Morgan fingerprint density at radius 1 is 0.711 bits per heavy atom. The molecule has 38 heavy (non-hydrogen) atoms. The molecule has 0 saturated carbocycles. The van der Waals surface area contributed by atoms with Crippen LogP contribution in [0.25, 0.3) is 12.2 Å². The van der Waals surface area contributed by atoms with Crippen LogP contribution in [-0.4, -0.2) is 44.0 Å². The molecular formula is C26H26F3NO7S. The molecule has 0 amide bonds. The second kappa shape index (κ2) is 11.5. The first-order valence-electron chi connectivity index (χ1n) is 10.9. The number of hydrogen-bond donors (Lipinski definition) is 1. The predicted molar refractivity (Wildman–Crippen MR) is 137 cm³/mol. The van der Waals surface area contributed by atoms with Crippen LogP contribution in [0, 0.1) is 0 Å². The molecule has 3 aromatic rings. The molecule has 0 aliphatic rings. The number of ether oxygens (including phenoxy) is 5. The zero-order valence-corrected chi connectivity index (χ0v) is 22.0. The van der Waals surface area contributed by atoms with Crippen LogP contribution < -0.4 is 28.4 Å². The Labute approximate surface area is 218 Å². The van der Waals surface area contributed by atoms with Crippen molar-refractivity contribution in [3.63, 3.8) is 0 Å². The summed E-state index contributed by atoms with van der Waals surface area (Å²) in [5, 5.41) is 0. The van der Waals surface area contributed by atoms with Crippen LogP contribution in [0.5, 0.6) is 28.7 Å². The summed E-state index contributed by atoms with van der Waals surface area (Å²) >= 11 is 0. The van der Waals surface area contributed by atoms with E-state index < -0.39 is 21.8 Å². The lowest BCUT2D eigenvalue weighted by atomic mass is 10.1. The molecule has 0 heterocycles. The zero-order chi connectivity index (χ0) is 28.1. The maximum atomic E-state index is 13.0. The van der Waals surface area contributed by atoms with Crippen molar-refractivity contribution in [2.75, 3.05) is 40.3 Å². The Balaban J connectivity index is 2.06. The maximum Gasteiger partial charge on any atom is 0.416 e. The van der Waals surface area contributed by atoms with Crippen molar-refractivity contribution in [3.05, 3.63) is 65.2 Å². The summed E-state index contributed by atoms with van der Waals surface area (Å²) in [5.74, 6) is 1.81. The van der Waals surface area contributed by atoms with Gasteiger partial charge in [0.25, 0.3) is 10.0 Å². The third kappa shape index (κ3) is 6.25. The fourth-order valence-electron chi connectivity index (χ4n) is 3.53. The standard InChI is InChI=1S/C26H26F3NO7S/c1-33-21-14-17(7-6-16-12-23(35-3)25(37-5)24(13-16)36-4)20(15-22(21)34-2)30-38(31,32)19-10-8-18(9-11-19)26(27,28)29/h6-15,30H,1-5H3. The second-order valence-corrected chi connectivity index (χ2v) is 9.40. The molecule has 0 aliphatic heterocycles. The summed E-state index contributed by atoms with van der Waals surface area (Å²) in [7, 11) is 2.99. The highest BCUT2D eigenvalue weighted by Crippen LogP contribution is 2.40. The summed E-state index contributed by atoms with van der Waals surface area (Å²) < 4.78 is 94.0. The predicted octanol–water partition coefficient (Wildman–Crippen LogP) is 5.72. The summed E-state index contributed by atoms with van der Waals surface area (Å²) in [4.78, 5) is -0.347. The smallest absolute Gasteiger partial charge is 0.416 e. The molecule has 0 unspecified atom stereocenters. The molecular weight excluding hydrogens is 527 g/mol. The molecule has 0 saturated heterocycles. The number of benzene rings is 3. The van der Waals surface area contributed by atoms with Gasteiger partial charge in [-0.1, -0.05) is 12.2 Å². The molecule has 204 valence electrons. The zero-order valence-electron chi connectivity index (χ0n) is 21.2. The summed E-state index contributed by atoms with van der Waals surface area (Å²) in [6.07, 6.45) is -1.29. The van der Waals surface area contributed by atoms with Gasteiger partial charge in [-0.25, -0.2) is 8.42 Å². The fourth-order valence-corrected chi connectivity index (χ4v) is 4.61. The minimum Gasteiger partial charge on any atom is -0.493 e. The van der Waals surface area contributed by atoms with Crippen molar-refractivity contribution in [3.8, 4) is 28.7 Å². The Morgan fingerprint density at radius 3 is 1.71 bits per heavy atom. The Bertz CT molecular complexity index is 1390. The highest BCUT2D eigenvalue weighted by Gasteiger charge is 2.30. The van der Waals surface area contributed by atoms with Gasteiger partial charge in [0.05, 0.1) is 51.7 Å². The van der Waals surface area contributed by atoms with E-state index >= 15 is 0 Å². The molecule has 0 aliphatic carbocycles. The lowest BCUT2D eigenvalue weighted by Gasteiger charge is -2.16. The molecule has 12 heteroatoms. The van der Waals surface area contributed by atoms with Gasteiger partial charge < -0.3 is 23.7 Å². The van der Waals surface area contributed by atoms with Gasteiger partial charge in [-0.2, -0.15) is 13.2 Å². The molecule has 0 atom stereocenters. The average molecular weight is 554 g/mol. The van der Waals surface area contributed by atoms with E-state index in [1.54, 1.807) is 30.4 Å². The Hall–Kier alpha value is -4.06. The SMILES string of the molecule is COc1cc(C=Cc2cc(OC)c(OC)c(OC)c2)c(NS(=O)(=O)c2ccc(C(F)(F)F)cc2)cc1OC. The van der Waals surface area contributed by atoms with Gasteiger partial charge in [0.15, 0.2) is 23.0 Å². The number of methoxy groups -OCH3 is 5. The van der Waals surface area contributed by atoms with E-state index in [1.165, 1.54) is 41.6 Å². The van der Waals surface area contributed by atoms with Crippen LogP contribution >= 0.6 is 0 Å². The van der Waals surface area contributed by atoms with Crippen molar-refractivity contribution >= 4 is 27.9 Å². The Kier molecular flexibility index (Phi) is 8.67. The number of halogens is 3. The lowest BCUT2D eigenvalue weighted by Crippen LogP contribution is -2.14. The second-order valence-electron chi connectivity index (χ2n) is 7.71. The molecule has 0 bridgehead atoms. The monoisotopic (exact) mass is 553 g/mol. The molecule has 0 radical (unpaired) electrons. The molecule has 0 spiro atoms. The first-order valence-corrected chi connectivity index (χ1v) is 12.4. The molecule has 8 nitrogen and oxygen atoms in total. The highest BCUT2D eigenvalue weighted by molar-refractivity contribution is 7.92. The first-order chi connectivity index (χ1) is 18.0. The first kappa shape index (κ1) is 28.5.